The SMILES string of the molecule is NCCOCCOCCOCCOCCOCCNC(=O)COc1cc(CN(Cc2cccc(C(=O)O)n2)Cc2cccc(C(=O)O)n2)nc(CN(Cc2cccc(C(=O)O)n2)Cc2cccc(C(=O)O)n2)c1. The van der Waals surface area contributed by atoms with E-state index in [4.69, 9.17) is 39.1 Å². The fourth-order valence-electron chi connectivity index (χ4n) is 6.85. The number of nitrogens with two attached hydrogens (primary N) is 1. The van der Waals surface area contributed by atoms with Crippen LogP contribution in [-0.2, 0) is 67.7 Å². The summed E-state index contributed by atoms with van der Waals surface area (Å²) >= 11 is 0. The van der Waals surface area contributed by atoms with E-state index in [2.05, 4.69) is 25.3 Å². The van der Waals surface area contributed by atoms with Crippen LogP contribution in [-0.4, -0.2) is 171 Å². The molecule has 1 amide bonds. The average molecular weight is 1010 g/mol. The van der Waals surface area contributed by atoms with Crippen LogP contribution in [0.25, 0.3) is 0 Å². The third-order valence-electron chi connectivity index (χ3n) is 10.0. The van der Waals surface area contributed by atoms with E-state index in [-0.39, 0.29) is 80.9 Å². The van der Waals surface area contributed by atoms with Crippen LogP contribution in [0, 0.1) is 0 Å². The van der Waals surface area contributed by atoms with E-state index in [1.54, 1.807) is 60.7 Å². The summed E-state index contributed by atoms with van der Waals surface area (Å²) in [6.45, 7) is 4.50. The van der Waals surface area contributed by atoms with Crippen molar-refractivity contribution in [1.82, 2.24) is 40.0 Å². The Morgan fingerprint density at radius 1 is 0.438 bits per heavy atom. The normalized spacial score (nSPS) is 11.2. The van der Waals surface area contributed by atoms with Gasteiger partial charge < -0.3 is 59.9 Å². The number of nitrogens with zero attached hydrogens (tertiary/aromatic N) is 7. The van der Waals surface area contributed by atoms with E-state index in [0.29, 0.717) is 100 Å². The second-order valence-electron chi connectivity index (χ2n) is 15.8. The maximum Gasteiger partial charge on any atom is 0.354 e. The molecule has 0 aliphatic carbocycles. The molecular formula is C49H59N9O15. The van der Waals surface area contributed by atoms with Crippen molar-refractivity contribution >= 4 is 29.8 Å². The number of hydrogen-bond acceptors (Lipinski definition) is 19. The number of carbonyl (C=O) groups is 5. The van der Waals surface area contributed by atoms with E-state index in [9.17, 15) is 44.4 Å². The van der Waals surface area contributed by atoms with Crippen LogP contribution >= 0.6 is 0 Å². The summed E-state index contributed by atoms with van der Waals surface area (Å²) in [6.07, 6.45) is 0. The largest absolute Gasteiger partial charge is 0.484 e. The molecule has 0 fully saturated rings. The minimum atomic E-state index is -1.22. The number of hydrogen-bond donors (Lipinski definition) is 6. The molecule has 24 heteroatoms. The quantitative estimate of drug-likeness (QED) is 0.0314. The Hall–Kier alpha value is -7.42. The number of carboxylic acid groups (broad SMARTS) is 4. The zero-order valence-electron chi connectivity index (χ0n) is 40.0. The Morgan fingerprint density at radius 2 is 0.753 bits per heavy atom. The van der Waals surface area contributed by atoms with Gasteiger partial charge in [0.15, 0.2) is 6.61 Å². The van der Waals surface area contributed by atoms with Gasteiger partial charge in [-0.1, -0.05) is 24.3 Å². The second-order valence-corrected chi connectivity index (χ2v) is 15.8. The molecule has 0 atom stereocenters. The molecule has 390 valence electrons. The van der Waals surface area contributed by atoms with Crippen molar-refractivity contribution < 1.29 is 72.8 Å². The number of pyridine rings is 5. The van der Waals surface area contributed by atoms with Crippen LogP contribution < -0.4 is 15.8 Å². The van der Waals surface area contributed by atoms with Gasteiger partial charge in [0.05, 0.1) is 100 Å². The van der Waals surface area contributed by atoms with E-state index in [0.717, 1.165) is 0 Å². The molecule has 0 bridgehead atoms. The number of ether oxygens (including phenoxy) is 6. The first-order valence-electron chi connectivity index (χ1n) is 23.0. The molecular weight excluding hydrogens is 955 g/mol. The molecule has 0 aliphatic rings. The monoisotopic (exact) mass is 1010 g/mol. The van der Waals surface area contributed by atoms with Crippen LogP contribution in [0.2, 0.25) is 0 Å². The van der Waals surface area contributed by atoms with E-state index in [1.165, 1.54) is 24.3 Å². The third-order valence-corrected chi connectivity index (χ3v) is 10.0. The standard InChI is InChI=1S/C49H59N9O15/c50-13-15-68-17-19-70-21-23-72-24-22-71-20-18-69-16-14-51-45(59)33-73-40-25-38(31-57(27-34-5-1-9-41(53-34)46(60)61)28-35-6-2-10-42(54-35)47(62)63)52-39(26-40)32-58(29-36-7-3-11-43(55-36)48(64)65)30-37-8-4-12-44(56-37)49(66)67/h1-12,25-26H,13-24,27-33,50H2,(H,51,59)(H,60,61)(H,62,63)(H,64,65)(H,66,67). The van der Waals surface area contributed by atoms with Gasteiger partial charge >= 0.3 is 23.9 Å². The first kappa shape index (κ1) is 56.5. The zero-order valence-corrected chi connectivity index (χ0v) is 40.0. The zero-order chi connectivity index (χ0) is 52.2. The van der Waals surface area contributed by atoms with Gasteiger partial charge in [-0.15, -0.1) is 0 Å². The van der Waals surface area contributed by atoms with Gasteiger partial charge in [-0.05, 0) is 48.5 Å². The van der Waals surface area contributed by atoms with E-state index >= 15 is 0 Å². The Labute approximate surface area is 420 Å². The van der Waals surface area contributed by atoms with Gasteiger partial charge in [-0.2, -0.15) is 0 Å². The minimum absolute atomic E-state index is 0.0499. The van der Waals surface area contributed by atoms with Crippen molar-refractivity contribution in [2.24, 2.45) is 5.73 Å². The molecule has 5 aromatic rings. The van der Waals surface area contributed by atoms with Gasteiger partial charge in [0.1, 0.15) is 28.5 Å². The molecule has 0 spiro atoms. The van der Waals surface area contributed by atoms with Gasteiger partial charge in [-0.3, -0.25) is 19.6 Å². The van der Waals surface area contributed by atoms with Crippen molar-refractivity contribution in [3.05, 3.63) is 142 Å². The van der Waals surface area contributed by atoms with E-state index < -0.39 is 36.4 Å². The summed E-state index contributed by atoms with van der Waals surface area (Å²) < 4.78 is 33.2. The lowest BCUT2D eigenvalue weighted by Gasteiger charge is -2.24. The lowest BCUT2D eigenvalue weighted by Crippen LogP contribution is -2.32. The summed E-state index contributed by atoms with van der Waals surface area (Å²) in [7, 11) is 0. The van der Waals surface area contributed by atoms with Crippen LogP contribution in [0.1, 0.15) is 76.1 Å². The topological polar surface area (TPSA) is 331 Å². The highest BCUT2D eigenvalue weighted by atomic mass is 16.6. The molecule has 0 saturated carbocycles. The summed E-state index contributed by atoms with van der Waals surface area (Å²) in [5.41, 5.74) is 7.01. The highest BCUT2D eigenvalue weighted by Gasteiger charge is 2.19. The number of aromatic nitrogens is 5. The minimum Gasteiger partial charge on any atom is -0.484 e. The van der Waals surface area contributed by atoms with Gasteiger partial charge in [-0.25, -0.2) is 39.1 Å². The number of carbonyl (C=O) groups excluding carboxylic acids is 1. The van der Waals surface area contributed by atoms with Crippen LogP contribution in [0.3, 0.4) is 0 Å². The summed E-state index contributed by atoms with van der Waals surface area (Å²) in [5, 5.41) is 41.4. The highest BCUT2D eigenvalue weighted by Crippen LogP contribution is 2.21. The predicted molar refractivity (Wildman–Crippen MR) is 257 cm³/mol. The molecule has 0 aromatic carbocycles. The molecule has 73 heavy (non-hydrogen) atoms. The number of carboxylic acids is 4. The Bertz CT molecular complexity index is 2310. The number of rotatable bonds is 36. The number of nitrogens with one attached hydrogen (secondary N) is 1. The van der Waals surface area contributed by atoms with Crippen molar-refractivity contribution in [1.29, 1.82) is 0 Å². The summed E-state index contributed by atoms with van der Waals surface area (Å²) in [6, 6.07) is 21.5. The third kappa shape index (κ3) is 21.5. The van der Waals surface area contributed by atoms with E-state index in [1.807, 2.05) is 9.80 Å². The van der Waals surface area contributed by atoms with Crippen LogP contribution in [0.5, 0.6) is 5.75 Å². The predicted octanol–water partition coefficient (Wildman–Crippen LogP) is 2.40. The lowest BCUT2D eigenvalue weighted by molar-refractivity contribution is -0.123. The average Bonchev–Trinajstić information content (AvgIpc) is 3.36. The summed E-state index contributed by atoms with van der Waals surface area (Å²) in [5.74, 6) is -5.10. The van der Waals surface area contributed by atoms with Crippen molar-refractivity contribution in [3.8, 4) is 5.75 Å². The van der Waals surface area contributed by atoms with Crippen molar-refractivity contribution in [2.75, 3.05) is 85.8 Å². The fourth-order valence-corrected chi connectivity index (χ4v) is 6.85. The highest BCUT2D eigenvalue weighted by molar-refractivity contribution is 5.86. The molecule has 0 unspecified atom stereocenters. The molecule has 0 aliphatic heterocycles. The molecule has 5 heterocycles. The molecule has 5 aromatic heterocycles. The van der Waals surface area contributed by atoms with Crippen molar-refractivity contribution in [3.63, 3.8) is 0 Å². The van der Waals surface area contributed by atoms with Crippen LogP contribution in [0.4, 0.5) is 0 Å². The number of amides is 1. The first-order valence-corrected chi connectivity index (χ1v) is 23.0. The molecule has 0 saturated heterocycles. The Balaban J connectivity index is 1.30. The molecule has 24 nitrogen and oxygen atoms in total. The second kappa shape index (κ2) is 31.1. The molecule has 5 rings (SSSR count). The summed E-state index contributed by atoms with van der Waals surface area (Å²) in [4.78, 5) is 86.1. The molecule has 7 N–H and O–H groups in total. The first-order chi connectivity index (χ1) is 35.3. The van der Waals surface area contributed by atoms with Gasteiger partial charge in [0.25, 0.3) is 5.91 Å². The van der Waals surface area contributed by atoms with Gasteiger partial charge in [0.2, 0.25) is 0 Å². The molecule has 0 radical (unpaired) electrons. The smallest absolute Gasteiger partial charge is 0.354 e. The Kier molecular flexibility index (Phi) is 24.1. The lowest BCUT2D eigenvalue weighted by atomic mass is 10.2. The maximum atomic E-state index is 13.0. The van der Waals surface area contributed by atoms with Crippen molar-refractivity contribution in [2.45, 2.75) is 39.3 Å². The Morgan fingerprint density at radius 3 is 1.08 bits per heavy atom. The van der Waals surface area contributed by atoms with Gasteiger partial charge in [0, 0.05) is 64.5 Å². The maximum absolute atomic E-state index is 13.0. The van der Waals surface area contributed by atoms with Crippen LogP contribution in [0.15, 0.2) is 84.9 Å². The fraction of sp³-hybridized carbons (Fsp3) is 0.388. The number of aromatic carboxylic acids is 4.